The molecule has 1 aliphatic heterocycles. The number of furan rings is 1. The lowest BCUT2D eigenvalue weighted by atomic mass is 10.1. The normalized spacial score (nSPS) is 15.8. The number of nitrogens with zero attached hydrogens (tertiary/aromatic N) is 1. The molecule has 0 saturated carbocycles. The molecule has 0 aliphatic carbocycles. The van der Waals surface area contributed by atoms with Crippen molar-refractivity contribution in [2.24, 2.45) is 0 Å². The Balaban J connectivity index is 1.56. The first-order valence-corrected chi connectivity index (χ1v) is 9.63. The highest BCUT2D eigenvalue weighted by atomic mass is 16.3. The number of aryl methyl sites for hydroxylation is 2. The first-order valence-electron chi connectivity index (χ1n) is 9.63. The lowest BCUT2D eigenvalue weighted by Gasteiger charge is -2.25. The summed E-state index contributed by atoms with van der Waals surface area (Å²) in [7, 11) is 0. The maximum atomic E-state index is 12.7. The number of carbonyl (C=O) groups excluding carboxylic acids is 1. The topological polar surface area (TPSA) is 75.7 Å². The van der Waals surface area contributed by atoms with E-state index in [0.29, 0.717) is 17.5 Å². The Kier molecular flexibility index (Phi) is 5.05. The molecule has 6 nitrogen and oxygen atoms in total. The van der Waals surface area contributed by atoms with E-state index < -0.39 is 5.91 Å². The molecule has 28 heavy (non-hydrogen) atoms. The predicted molar refractivity (Wildman–Crippen MR) is 107 cm³/mol. The van der Waals surface area contributed by atoms with Crippen LogP contribution < -0.4 is 10.7 Å². The van der Waals surface area contributed by atoms with E-state index in [1.54, 1.807) is 12.3 Å². The Hall–Kier alpha value is -2.86. The molecular formula is C22H24N2O4. The van der Waals surface area contributed by atoms with E-state index >= 15 is 0 Å². The van der Waals surface area contributed by atoms with Crippen LogP contribution in [-0.4, -0.2) is 30.4 Å². The predicted octanol–water partition coefficient (Wildman–Crippen LogP) is 3.57. The minimum Gasteiger partial charge on any atom is -0.468 e. The second-order valence-corrected chi connectivity index (χ2v) is 7.41. The highest BCUT2D eigenvalue weighted by molar-refractivity contribution is 5.93. The molecule has 4 rings (SSSR count). The van der Waals surface area contributed by atoms with Gasteiger partial charge in [0.1, 0.15) is 11.3 Å². The smallest absolute Gasteiger partial charge is 0.287 e. The second-order valence-electron chi connectivity index (χ2n) is 7.41. The van der Waals surface area contributed by atoms with Gasteiger partial charge >= 0.3 is 0 Å². The van der Waals surface area contributed by atoms with Gasteiger partial charge in [-0.25, -0.2) is 0 Å². The number of likely N-dealkylation sites (tertiary alicyclic amines) is 1. The zero-order chi connectivity index (χ0) is 19.7. The van der Waals surface area contributed by atoms with Crippen molar-refractivity contribution in [3.05, 3.63) is 69.5 Å². The average Bonchev–Trinajstić information content (AvgIpc) is 3.35. The zero-order valence-corrected chi connectivity index (χ0v) is 16.2. The van der Waals surface area contributed by atoms with E-state index in [9.17, 15) is 9.59 Å². The molecule has 0 spiro atoms. The van der Waals surface area contributed by atoms with Crippen molar-refractivity contribution in [1.29, 1.82) is 0 Å². The molecule has 1 aliphatic rings. The Morgan fingerprint density at radius 1 is 1.21 bits per heavy atom. The maximum absolute atomic E-state index is 12.7. The lowest BCUT2D eigenvalue weighted by Crippen LogP contribution is -2.36. The van der Waals surface area contributed by atoms with Gasteiger partial charge in [-0.2, -0.15) is 0 Å². The quantitative estimate of drug-likeness (QED) is 0.732. The van der Waals surface area contributed by atoms with Crippen LogP contribution in [0, 0.1) is 13.8 Å². The third-order valence-electron chi connectivity index (χ3n) is 5.30. The molecule has 6 heteroatoms. The lowest BCUT2D eigenvalue weighted by molar-refractivity contribution is 0.0906. The van der Waals surface area contributed by atoms with Crippen molar-refractivity contribution in [3.8, 4) is 0 Å². The van der Waals surface area contributed by atoms with E-state index in [4.69, 9.17) is 8.83 Å². The highest BCUT2D eigenvalue weighted by Crippen LogP contribution is 2.25. The highest BCUT2D eigenvalue weighted by Gasteiger charge is 2.26. The van der Waals surface area contributed by atoms with Gasteiger partial charge in [0.25, 0.3) is 5.91 Å². The van der Waals surface area contributed by atoms with Crippen LogP contribution in [0.3, 0.4) is 0 Å². The minimum atomic E-state index is -0.395. The summed E-state index contributed by atoms with van der Waals surface area (Å²) >= 11 is 0. The maximum Gasteiger partial charge on any atom is 0.287 e. The van der Waals surface area contributed by atoms with E-state index in [1.165, 1.54) is 6.07 Å². The third kappa shape index (κ3) is 3.60. The number of carbonyl (C=O) groups is 1. The number of benzene rings is 1. The van der Waals surface area contributed by atoms with Crippen molar-refractivity contribution >= 4 is 16.9 Å². The third-order valence-corrected chi connectivity index (χ3v) is 5.30. The van der Waals surface area contributed by atoms with Gasteiger partial charge in [-0.15, -0.1) is 0 Å². The molecule has 1 aromatic carbocycles. The van der Waals surface area contributed by atoms with Crippen molar-refractivity contribution in [1.82, 2.24) is 10.2 Å². The molecule has 146 valence electrons. The summed E-state index contributed by atoms with van der Waals surface area (Å²) in [5.41, 5.74) is 2.07. The van der Waals surface area contributed by atoms with E-state index in [2.05, 4.69) is 10.2 Å². The summed E-state index contributed by atoms with van der Waals surface area (Å²) in [5.74, 6) is 0.462. The number of hydrogen-bond acceptors (Lipinski definition) is 5. The van der Waals surface area contributed by atoms with Gasteiger partial charge in [-0.05, 0) is 69.1 Å². The fourth-order valence-corrected chi connectivity index (χ4v) is 4.00. The van der Waals surface area contributed by atoms with E-state index in [1.807, 2.05) is 32.0 Å². The largest absolute Gasteiger partial charge is 0.468 e. The summed E-state index contributed by atoms with van der Waals surface area (Å²) in [6.07, 6.45) is 3.93. The Morgan fingerprint density at radius 3 is 2.71 bits per heavy atom. The molecule has 1 saturated heterocycles. The molecule has 3 heterocycles. The standard InChI is InChI=1S/C22H24N2O4/c1-14-10-15(2)21-17(25)12-20(28-19(21)11-14)22(26)23-13-16(18-6-5-9-27-18)24-7-3-4-8-24/h5-6,9-12,16H,3-4,7-8,13H2,1-2H3,(H,23,26). The summed E-state index contributed by atoms with van der Waals surface area (Å²) in [5, 5.41) is 3.43. The fraction of sp³-hybridized carbons (Fsp3) is 0.364. The molecule has 1 atom stereocenters. The Bertz CT molecular complexity index is 1050. The monoisotopic (exact) mass is 380 g/mol. The van der Waals surface area contributed by atoms with Gasteiger partial charge in [0, 0.05) is 12.6 Å². The van der Waals surface area contributed by atoms with E-state index in [0.717, 1.165) is 42.8 Å². The molecular weight excluding hydrogens is 356 g/mol. The van der Waals surface area contributed by atoms with Gasteiger partial charge in [-0.3, -0.25) is 14.5 Å². The van der Waals surface area contributed by atoms with Crippen LogP contribution in [0.5, 0.6) is 0 Å². The first-order chi connectivity index (χ1) is 13.5. The van der Waals surface area contributed by atoms with Crippen LogP contribution in [-0.2, 0) is 0 Å². The van der Waals surface area contributed by atoms with Crippen LogP contribution in [0.15, 0.2) is 50.2 Å². The summed E-state index contributed by atoms with van der Waals surface area (Å²) in [6, 6.07) is 8.75. The second kappa shape index (κ2) is 7.64. The van der Waals surface area contributed by atoms with Crippen molar-refractivity contribution in [2.45, 2.75) is 32.7 Å². The number of hydrogen-bond donors (Lipinski definition) is 1. The summed E-state index contributed by atoms with van der Waals surface area (Å²) in [4.78, 5) is 27.5. The molecule has 2 aromatic heterocycles. The Labute approximate surface area is 163 Å². The molecule has 1 N–H and O–H groups in total. The van der Waals surface area contributed by atoms with Gasteiger partial charge < -0.3 is 14.2 Å². The van der Waals surface area contributed by atoms with Gasteiger partial charge in [-0.1, -0.05) is 6.07 Å². The summed E-state index contributed by atoms with van der Waals surface area (Å²) in [6.45, 7) is 6.15. The van der Waals surface area contributed by atoms with E-state index in [-0.39, 0.29) is 17.2 Å². The van der Waals surface area contributed by atoms with Gasteiger partial charge in [0.2, 0.25) is 0 Å². The molecule has 3 aromatic rings. The van der Waals surface area contributed by atoms with Crippen LogP contribution in [0.1, 0.15) is 46.3 Å². The van der Waals surface area contributed by atoms with Crippen LogP contribution >= 0.6 is 0 Å². The van der Waals surface area contributed by atoms with Gasteiger partial charge in [0.05, 0.1) is 17.7 Å². The fourth-order valence-electron chi connectivity index (χ4n) is 4.00. The molecule has 1 fully saturated rings. The van der Waals surface area contributed by atoms with Crippen LogP contribution in [0.2, 0.25) is 0 Å². The SMILES string of the molecule is Cc1cc(C)c2c(=O)cc(C(=O)NCC(c3ccco3)N3CCCC3)oc2c1. The molecule has 0 bridgehead atoms. The van der Waals surface area contributed by atoms with Crippen molar-refractivity contribution in [2.75, 3.05) is 19.6 Å². The summed E-state index contributed by atoms with van der Waals surface area (Å²) < 4.78 is 11.3. The molecule has 0 radical (unpaired) electrons. The van der Waals surface area contributed by atoms with Gasteiger partial charge in [0.15, 0.2) is 11.2 Å². The minimum absolute atomic E-state index is 0.0295. The Morgan fingerprint density at radius 2 is 2.00 bits per heavy atom. The average molecular weight is 380 g/mol. The number of amides is 1. The molecule has 1 unspecified atom stereocenters. The number of nitrogens with one attached hydrogen (secondary N) is 1. The molecule has 1 amide bonds. The number of fused-ring (bicyclic) bond motifs is 1. The zero-order valence-electron chi connectivity index (χ0n) is 16.2. The van der Waals surface area contributed by atoms with Crippen molar-refractivity contribution < 1.29 is 13.6 Å². The first kappa shape index (κ1) is 18.5. The number of rotatable bonds is 5. The van der Waals surface area contributed by atoms with Crippen molar-refractivity contribution in [3.63, 3.8) is 0 Å². The van der Waals surface area contributed by atoms with Crippen LogP contribution in [0.4, 0.5) is 0 Å². The van der Waals surface area contributed by atoms with Crippen LogP contribution in [0.25, 0.3) is 11.0 Å².